The van der Waals surface area contributed by atoms with Gasteiger partial charge in [0, 0.05) is 0 Å². The van der Waals surface area contributed by atoms with E-state index >= 15 is 0 Å². The van der Waals surface area contributed by atoms with Crippen molar-refractivity contribution in [2.45, 2.75) is 0 Å². The van der Waals surface area contributed by atoms with Gasteiger partial charge in [-0.3, -0.25) is 0 Å². The van der Waals surface area contributed by atoms with E-state index in [1.165, 1.54) is 0 Å². The Balaban J connectivity index is 4.25. The number of hydrogen-bond donors (Lipinski definition) is 1. The zero-order valence-electron chi connectivity index (χ0n) is 2.55. The fourth-order valence-electron chi connectivity index (χ4n) is 0. The van der Waals surface area contributed by atoms with Crippen LogP contribution in [0.25, 0.3) is 0 Å². The predicted octanol–water partition coefficient (Wildman–Crippen LogP) is 0.232. The van der Waals surface area contributed by atoms with Crippen LogP contribution in [-0.2, 0) is 10.4 Å². The fourth-order valence-corrected chi connectivity index (χ4v) is 0. The van der Waals surface area contributed by atoms with Crippen molar-refractivity contribution < 1.29 is 12.3 Å². The van der Waals surface area contributed by atoms with Crippen LogP contribution in [-0.4, -0.2) is 8.42 Å². The molecule has 0 saturated heterocycles. The predicted molar refractivity (Wildman–Crippen MR) is 15.2 cm³/mol. The first-order chi connectivity index (χ1) is 2.56. The Bertz CT molecular complexity index is 122. The minimum Gasteiger partial charge on any atom is -0.191 e. The molecule has 4 nitrogen and oxygen atoms in total. The molecule has 36 valence electrons. The molecule has 0 radical (unpaired) electrons. The average molecular weight is 112 g/mol. The maximum absolute atomic E-state index is 10.7. The van der Waals surface area contributed by atoms with Crippen LogP contribution >= 0.6 is 0 Å². The van der Waals surface area contributed by atoms with Gasteiger partial charge in [0.1, 0.15) is 0 Å². The maximum atomic E-state index is 10.7. The van der Waals surface area contributed by atoms with Gasteiger partial charge in [-0.25, -0.2) is 0 Å². The molecule has 0 aromatic carbocycles. The van der Waals surface area contributed by atoms with Crippen LogP contribution in [0.3, 0.4) is 0 Å². The molecule has 0 rings (SSSR count). The first kappa shape index (κ1) is 5.48. The highest BCUT2D eigenvalue weighted by Gasteiger charge is 1.96. The van der Waals surface area contributed by atoms with Crippen molar-refractivity contribution >= 4 is 10.4 Å². The Kier molecular flexibility index (Phi) is 1.18. The molecule has 0 heterocycles. The topological polar surface area (TPSA) is 70.3 Å². The second-order valence-electron chi connectivity index (χ2n) is 0.503. The third-order valence-corrected chi connectivity index (χ3v) is 0.327. The van der Waals surface area contributed by atoms with Crippen LogP contribution in [0.5, 0.6) is 0 Å². The van der Waals surface area contributed by atoms with Crippen molar-refractivity contribution in [2.24, 2.45) is 4.52 Å². The van der Waals surface area contributed by atoms with Gasteiger partial charge in [0.25, 0.3) is 0 Å². The molecule has 0 fully saturated rings. The van der Waals surface area contributed by atoms with E-state index in [9.17, 15) is 3.89 Å². The lowest BCUT2D eigenvalue weighted by Gasteiger charge is -1.65. The van der Waals surface area contributed by atoms with E-state index in [1.807, 2.05) is 0 Å². The van der Waals surface area contributed by atoms with Crippen LogP contribution in [0.2, 0.25) is 0 Å². The van der Waals surface area contributed by atoms with Gasteiger partial charge in [0.15, 0.2) is 0 Å². The standard InChI is InChI=1S/FHN2O2S/c1-6(4,5)3-2/h2H. The van der Waals surface area contributed by atoms with Gasteiger partial charge < -0.3 is 0 Å². The minimum atomic E-state index is -4.87. The first-order valence-corrected chi connectivity index (χ1v) is 2.23. The zero-order valence-corrected chi connectivity index (χ0v) is 3.37. The average Bonchev–Trinajstić information content (AvgIpc) is 1.35. The van der Waals surface area contributed by atoms with Gasteiger partial charge in [0.2, 0.25) is 0 Å². The smallest absolute Gasteiger partial charge is 0.191 e. The SMILES string of the molecule is N=NS(=O)(=O)F. The number of halogens is 1. The summed E-state index contributed by atoms with van der Waals surface area (Å²) in [5, 5.41) is 0. The van der Waals surface area contributed by atoms with Gasteiger partial charge in [-0.2, -0.15) is 13.9 Å². The van der Waals surface area contributed by atoms with Gasteiger partial charge >= 0.3 is 10.4 Å². The molecule has 0 saturated carbocycles. The molecule has 0 aromatic heterocycles. The molecule has 0 spiro atoms. The summed E-state index contributed by atoms with van der Waals surface area (Å²) in [5.74, 6) is 0. The molecule has 0 amide bonds. The number of nitrogens with zero attached hydrogens (tertiary/aromatic N) is 1. The molecule has 0 bridgehead atoms. The van der Waals surface area contributed by atoms with E-state index in [-0.39, 0.29) is 0 Å². The summed E-state index contributed by atoms with van der Waals surface area (Å²) in [4.78, 5) is 0. The number of nitrogens with one attached hydrogen (secondary N) is 1. The summed E-state index contributed by atoms with van der Waals surface area (Å²) >= 11 is 0. The molecular formula is HFN2O2S. The lowest BCUT2D eigenvalue weighted by molar-refractivity contribution is 0.550. The molecule has 0 aliphatic rings. The van der Waals surface area contributed by atoms with Crippen molar-refractivity contribution in [2.75, 3.05) is 0 Å². The Labute approximate surface area is 33.8 Å². The minimum absolute atomic E-state index is 1.58. The molecule has 6 heavy (non-hydrogen) atoms. The highest BCUT2D eigenvalue weighted by molar-refractivity contribution is 7.84. The molecule has 0 aromatic rings. The second-order valence-corrected chi connectivity index (χ2v) is 1.51. The summed E-state index contributed by atoms with van der Waals surface area (Å²) < 4.78 is 30.3. The third-order valence-electron chi connectivity index (χ3n) is 0.109. The Morgan fingerprint density at radius 2 is 1.83 bits per heavy atom. The van der Waals surface area contributed by atoms with E-state index in [1.54, 1.807) is 4.52 Å². The molecule has 1 N–H and O–H groups in total. The summed E-state index contributed by atoms with van der Waals surface area (Å²) in [6.07, 6.45) is 0. The Morgan fingerprint density at radius 1 is 1.67 bits per heavy atom. The molecular weight excluding hydrogens is 111 g/mol. The van der Waals surface area contributed by atoms with Gasteiger partial charge in [0.05, 0.1) is 0 Å². The van der Waals surface area contributed by atoms with Crippen molar-refractivity contribution in [1.29, 1.82) is 5.53 Å². The van der Waals surface area contributed by atoms with Gasteiger partial charge in [-0.15, -0.1) is 0 Å². The molecule has 6 heteroatoms. The van der Waals surface area contributed by atoms with Crippen LogP contribution < -0.4 is 0 Å². The molecule has 0 unspecified atom stereocenters. The molecule has 0 aliphatic carbocycles. The van der Waals surface area contributed by atoms with E-state index in [0.717, 1.165) is 0 Å². The first-order valence-electron chi connectivity index (χ1n) is 0.894. The monoisotopic (exact) mass is 112 g/mol. The highest BCUT2D eigenvalue weighted by atomic mass is 32.3. The highest BCUT2D eigenvalue weighted by Crippen LogP contribution is 1.86. The molecule has 0 atom stereocenters. The lowest BCUT2D eigenvalue weighted by Crippen LogP contribution is -1.76. The fraction of sp³-hybridized carbons (Fsp3) is 0. The van der Waals surface area contributed by atoms with E-state index in [4.69, 9.17) is 13.9 Å². The van der Waals surface area contributed by atoms with Crippen molar-refractivity contribution in [3.63, 3.8) is 0 Å². The van der Waals surface area contributed by atoms with Crippen molar-refractivity contribution in [1.82, 2.24) is 0 Å². The van der Waals surface area contributed by atoms with Crippen molar-refractivity contribution in [3.05, 3.63) is 0 Å². The van der Waals surface area contributed by atoms with Crippen molar-refractivity contribution in [3.8, 4) is 0 Å². The third kappa shape index (κ3) is 3.48. The number of rotatable bonds is 1. The zero-order chi connectivity index (χ0) is 5.21. The van der Waals surface area contributed by atoms with Crippen LogP contribution in [0.4, 0.5) is 3.89 Å². The maximum Gasteiger partial charge on any atom is 0.435 e. The summed E-state index contributed by atoms with van der Waals surface area (Å²) in [6.45, 7) is 0. The van der Waals surface area contributed by atoms with Crippen LogP contribution in [0.15, 0.2) is 4.52 Å². The van der Waals surface area contributed by atoms with Gasteiger partial charge in [-0.1, -0.05) is 3.89 Å². The summed E-state index contributed by atoms with van der Waals surface area (Å²) in [6, 6.07) is 0. The van der Waals surface area contributed by atoms with E-state index in [2.05, 4.69) is 0 Å². The van der Waals surface area contributed by atoms with Gasteiger partial charge in [-0.05, 0) is 4.52 Å². The Morgan fingerprint density at radius 3 is 1.83 bits per heavy atom. The van der Waals surface area contributed by atoms with Crippen LogP contribution in [0, 0.1) is 5.53 Å². The number of hydrogen-bond acceptors (Lipinski definition) is 3. The van der Waals surface area contributed by atoms with E-state index < -0.39 is 10.4 Å². The molecule has 0 aliphatic heterocycles. The largest absolute Gasteiger partial charge is 0.435 e. The normalized spacial score (nSPS) is 10.8. The summed E-state index contributed by atoms with van der Waals surface area (Å²) in [5.41, 5.74) is 5.52. The Hall–Kier alpha value is -0.520. The van der Waals surface area contributed by atoms with E-state index in [0.29, 0.717) is 0 Å². The summed E-state index contributed by atoms with van der Waals surface area (Å²) in [7, 11) is -4.87. The quantitative estimate of drug-likeness (QED) is 0.389. The lowest BCUT2D eigenvalue weighted by atomic mass is 13.3. The second kappa shape index (κ2) is 1.29. The van der Waals surface area contributed by atoms with Crippen LogP contribution in [0.1, 0.15) is 0 Å².